The number of hydrogen-bond acceptors (Lipinski definition) is 3. The summed E-state index contributed by atoms with van der Waals surface area (Å²) in [5.41, 5.74) is 6.37. The minimum absolute atomic E-state index is 0.0649. The molecule has 0 aliphatic rings. The molecule has 1 unspecified atom stereocenters. The van der Waals surface area contributed by atoms with E-state index in [1.54, 1.807) is 12.0 Å². The van der Waals surface area contributed by atoms with Gasteiger partial charge in [0.1, 0.15) is 0 Å². The quantitative estimate of drug-likeness (QED) is 0.784. The first kappa shape index (κ1) is 16.6. The first-order valence-corrected chi connectivity index (χ1v) is 7.04. The highest BCUT2D eigenvalue weighted by Gasteiger charge is 2.27. The molecule has 0 heterocycles. The number of nitrogens with zero attached hydrogens (tertiary/aromatic N) is 1. The fourth-order valence-corrected chi connectivity index (χ4v) is 2.10. The van der Waals surface area contributed by atoms with Crippen LogP contribution in [0.25, 0.3) is 0 Å². The molecule has 0 radical (unpaired) electrons. The smallest absolute Gasteiger partial charge is 0.256 e. The third kappa shape index (κ3) is 4.58. The third-order valence-corrected chi connectivity index (χ3v) is 3.27. The van der Waals surface area contributed by atoms with Crippen LogP contribution in [0.2, 0.25) is 0 Å². The molecule has 0 aliphatic carbocycles. The van der Waals surface area contributed by atoms with E-state index in [1.165, 1.54) is 0 Å². The first-order chi connectivity index (χ1) is 9.47. The summed E-state index contributed by atoms with van der Waals surface area (Å²) in [6.45, 7) is 4.45. The Bertz CT molecular complexity index is 448. The van der Waals surface area contributed by atoms with E-state index in [-0.39, 0.29) is 11.9 Å². The summed E-state index contributed by atoms with van der Waals surface area (Å²) in [5.74, 6) is -0.0649. The average Bonchev–Trinajstić information content (AvgIpc) is 2.40. The maximum atomic E-state index is 12.6. The Morgan fingerprint density at radius 2 is 1.95 bits per heavy atom. The molecular weight excluding hydrogens is 272 g/mol. The summed E-state index contributed by atoms with van der Waals surface area (Å²) >= 11 is 4.88. The van der Waals surface area contributed by atoms with Gasteiger partial charge in [0.2, 0.25) is 0 Å². The van der Waals surface area contributed by atoms with Crippen LogP contribution in [0.5, 0.6) is 0 Å². The SMILES string of the molecule is COC(C(=O)N(CCC(N)=S)C(C)C)c1ccccc1. The van der Waals surface area contributed by atoms with Gasteiger partial charge in [-0.25, -0.2) is 0 Å². The van der Waals surface area contributed by atoms with E-state index in [4.69, 9.17) is 22.7 Å². The Morgan fingerprint density at radius 3 is 2.40 bits per heavy atom. The zero-order valence-corrected chi connectivity index (χ0v) is 13.0. The lowest BCUT2D eigenvalue weighted by molar-refractivity contribution is -0.144. The van der Waals surface area contributed by atoms with Crippen molar-refractivity contribution in [3.8, 4) is 0 Å². The Morgan fingerprint density at radius 1 is 1.35 bits per heavy atom. The maximum absolute atomic E-state index is 12.6. The molecule has 5 heteroatoms. The highest BCUT2D eigenvalue weighted by Crippen LogP contribution is 2.20. The van der Waals surface area contributed by atoms with Gasteiger partial charge in [-0.05, 0) is 19.4 Å². The number of carbonyl (C=O) groups is 1. The Kier molecular flexibility index (Phi) is 6.61. The average molecular weight is 294 g/mol. The second kappa shape index (κ2) is 7.97. The van der Waals surface area contributed by atoms with Gasteiger partial charge in [0.05, 0.1) is 4.99 Å². The van der Waals surface area contributed by atoms with Crippen molar-refractivity contribution in [2.75, 3.05) is 13.7 Å². The van der Waals surface area contributed by atoms with Crippen molar-refractivity contribution >= 4 is 23.1 Å². The van der Waals surface area contributed by atoms with Crippen molar-refractivity contribution < 1.29 is 9.53 Å². The molecule has 1 aromatic rings. The van der Waals surface area contributed by atoms with E-state index >= 15 is 0 Å². The van der Waals surface area contributed by atoms with E-state index < -0.39 is 6.10 Å². The second-order valence-corrected chi connectivity index (χ2v) is 5.39. The molecule has 0 fully saturated rings. The Labute approximate surface area is 125 Å². The van der Waals surface area contributed by atoms with Crippen molar-refractivity contribution in [2.45, 2.75) is 32.4 Å². The zero-order valence-electron chi connectivity index (χ0n) is 12.2. The number of nitrogens with two attached hydrogens (primary N) is 1. The van der Waals surface area contributed by atoms with Gasteiger partial charge >= 0.3 is 0 Å². The topological polar surface area (TPSA) is 55.6 Å². The lowest BCUT2D eigenvalue weighted by atomic mass is 10.1. The van der Waals surface area contributed by atoms with Gasteiger partial charge < -0.3 is 15.4 Å². The van der Waals surface area contributed by atoms with Gasteiger partial charge in [-0.15, -0.1) is 0 Å². The zero-order chi connectivity index (χ0) is 15.1. The van der Waals surface area contributed by atoms with E-state index in [0.29, 0.717) is 18.0 Å². The molecule has 1 aromatic carbocycles. The number of benzene rings is 1. The lowest BCUT2D eigenvalue weighted by Crippen LogP contribution is -2.42. The number of carbonyl (C=O) groups excluding carboxylic acids is 1. The summed E-state index contributed by atoms with van der Waals surface area (Å²) in [4.78, 5) is 14.8. The van der Waals surface area contributed by atoms with Crippen LogP contribution in [0, 0.1) is 0 Å². The molecule has 110 valence electrons. The maximum Gasteiger partial charge on any atom is 0.256 e. The molecule has 1 atom stereocenters. The van der Waals surface area contributed by atoms with Gasteiger partial charge in [-0.2, -0.15) is 0 Å². The number of ether oxygens (including phenoxy) is 1. The monoisotopic (exact) mass is 294 g/mol. The molecule has 1 rings (SSSR count). The minimum Gasteiger partial charge on any atom is -0.393 e. The standard InChI is InChI=1S/C15H22N2O2S/c1-11(2)17(10-9-13(16)20)15(18)14(19-3)12-7-5-4-6-8-12/h4-8,11,14H,9-10H2,1-3H3,(H2,16,20). The lowest BCUT2D eigenvalue weighted by Gasteiger charge is -2.30. The van der Waals surface area contributed by atoms with Crippen LogP contribution >= 0.6 is 12.2 Å². The molecule has 4 nitrogen and oxygen atoms in total. The number of hydrogen-bond donors (Lipinski definition) is 1. The second-order valence-electron chi connectivity index (χ2n) is 4.87. The molecule has 0 spiro atoms. The summed E-state index contributed by atoms with van der Waals surface area (Å²) < 4.78 is 5.38. The van der Waals surface area contributed by atoms with Gasteiger partial charge in [-0.1, -0.05) is 42.5 Å². The van der Waals surface area contributed by atoms with Gasteiger partial charge in [0, 0.05) is 26.1 Å². The number of methoxy groups -OCH3 is 1. The summed E-state index contributed by atoms with van der Waals surface area (Å²) in [6, 6.07) is 9.54. The van der Waals surface area contributed by atoms with E-state index in [1.807, 2.05) is 44.2 Å². The molecule has 0 saturated heterocycles. The molecule has 0 aliphatic heterocycles. The van der Waals surface area contributed by atoms with E-state index in [9.17, 15) is 4.79 Å². The highest BCUT2D eigenvalue weighted by atomic mass is 32.1. The summed E-state index contributed by atoms with van der Waals surface area (Å²) in [6.07, 6.45) is -0.0743. The summed E-state index contributed by atoms with van der Waals surface area (Å²) in [7, 11) is 1.54. The number of amides is 1. The summed E-state index contributed by atoms with van der Waals surface area (Å²) in [5, 5.41) is 0. The van der Waals surface area contributed by atoms with E-state index in [0.717, 1.165) is 5.56 Å². The molecule has 20 heavy (non-hydrogen) atoms. The van der Waals surface area contributed by atoms with Crippen LogP contribution in [0.1, 0.15) is 31.9 Å². The largest absolute Gasteiger partial charge is 0.393 e. The molecule has 0 bridgehead atoms. The first-order valence-electron chi connectivity index (χ1n) is 6.64. The molecular formula is C15H22N2O2S. The molecule has 2 N–H and O–H groups in total. The van der Waals surface area contributed by atoms with Crippen LogP contribution in [0.3, 0.4) is 0 Å². The van der Waals surface area contributed by atoms with Gasteiger partial charge in [-0.3, -0.25) is 4.79 Å². The van der Waals surface area contributed by atoms with Crippen LogP contribution in [0.4, 0.5) is 0 Å². The van der Waals surface area contributed by atoms with Crippen LogP contribution in [-0.4, -0.2) is 35.5 Å². The normalized spacial score (nSPS) is 12.2. The molecule has 1 amide bonds. The number of thiocarbonyl (C=S) groups is 1. The van der Waals surface area contributed by atoms with Crippen LogP contribution in [0.15, 0.2) is 30.3 Å². The molecule has 0 aromatic heterocycles. The van der Waals surface area contributed by atoms with Gasteiger partial charge in [0.25, 0.3) is 5.91 Å². The fraction of sp³-hybridized carbons (Fsp3) is 0.467. The third-order valence-electron chi connectivity index (χ3n) is 3.07. The van der Waals surface area contributed by atoms with Gasteiger partial charge in [0.15, 0.2) is 6.10 Å². The Balaban J connectivity index is 2.89. The predicted octanol–water partition coefficient (Wildman–Crippen LogP) is 2.29. The van der Waals surface area contributed by atoms with Crippen molar-refractivity contribution in [1.82, 2.24) is 4.90 Å². The highest BCUT2D eigenvalue weighted by molar-refractivity contribution is 7.80. The Hall–Kier alpha value is -1.46. The minimum atomic E-state index is -0.593. The number of rotatable bonds is 7. The fourth-order valence-electron chi connectivity index (χ4n) is 2.01. The van der Waals surface area contributed by atoms with Crippen molar-refractivity contribution in [3.05, 3.63) is 35.9 Å². The van der Waals surface area contributed by atoms with E-state index in [2.05, 4.69) is 0 Å². The van der Waals surface area contributed by atoms with Crippen molar-refractivity contribution in [1.29, 1.82) is 0 Å². The van der Waals surface area contributed by atoms with Crippen molar-refractivity contribution in [2.24, 2.45) is 5.73 Å². The molecule has 0 saturated carbocycles. The van der Waals surface area contributed by atoms with Crippen LogP contribution < -0.4 is 5.73 Å². The van der Waals surface area contributed by atoms with Crippen LogP contribution in [-0.2, 0) is 9.53 Å². The predicted molar refractivity (Wildman–Crippen MR) is 84.4 cm³/mol. The van der Waals surface area contributed by atoms with Crippen molar-refractivity contribution in [3.63, 3.8) is 0 Å².